The Morgan fingerprint density at radius 3 is 2.95 bits per heavy atom. The molecule has 19 heavy (non-hydrogen) atoms. The van der Waals surface area contributed by atoms with Crippen molar-refractivity contribution in [3.63, 3.8) is 0 Å². The Morgan fingerprint density at radius 2 is 2.32 bits per heavy atom. The minimum atomic E-state index is 0.202. The zero-order valence-corrected chi connectivity index (χ0v) is 11.6. The van der Waals surface area contributed by atoms with E-state index in [0.29, 0.717) is 11.7 Å². The maximum atomic E-state index is 6.11. The second-order valence-corrected chi connectivity index (χ2v) is 5.05. The number of nitrogens with zero attached hydrogens (tertiary/aromatic N) is 4. The lowest BCUT2D eigenvalue weighted by Crippen LogP contribution is -2.46. The summed E-state index contributed by atoms with van der Waals surface area (Å²) in [5, 5.41) is 0. The molecule has 2 N–H and O–H groups in total. The quantitative estimate of drug-likeness (QED) is 0.847. The van der Waals surface area contributed by atoms with Gasteiger partial charge in [-0.3, -0.25) is 4.99 Å². The van der Waals surface area contributed by atoms with Crippen LogP contribution in [-0.2, 0) is 0 Å². The Labute approximate surface area is 114 Å². The predicted octanol–water partition coefficient (Wildman–Crippen LogP) is 2.31. The average molecular weight is 259 g/mol. The third kappa shape index (κ3) is 2.98. The van der Waals surface area contributed by atoms with Crippen molar-refractivity contribution >= 4 is 30.1 Å². The van der Waals surface area contributed by atoms with E-state index in [-0.39, 0.29) is 6.04 Å². The first-order valence-corrected chi connectivity index (χ1v) is 6.60. The second kappa shape index (κ2) is 5.93. The normalized spacial score (nSPS) is 23.8. The summed E-state index contributed by atoms with van der Waals surface area (Å²) in [5.74, 6) is 1.19. The largest absolute Gasteiger partial charge is 0.368 e. The van der Waals surface area contributed by atoms with E-state index in [4.69, 9.17) is 5.73 Å². The monoisotopic (exact) mass is 259 g/mol. The molecule has 1 fully saturated rings. The van der Waals surface area contributed by atoms with Gasteiger partial charge in [-0.05, 0) is 32.0 Å². The molecule has 5 heteroatoms. The van der Waals surface area contributed by atoms with Crippen LogP contribution in [0.1, 0.15) is 20.3 Å². The molecule has 5 nitrogen and oxygen atoms in total. The lowest BCUT2D eigenvalue weighted by atomic mass is 9.96. The molecule has 0 radical (unpaired) electrons. The van der Waals surface area contributed by atoms with E-state index in [1.54, 1.807) is 12.4 Å². The molecule has 2 heterocycles. The molecule has 2 rings (SSSR count). The fraction of sp³-hybridized carbons (Fsp3) is 0.500. The molecular weight excluding hydrogens is 238 g/mol. The Balaban J connectivity index is 2.38. The SMILES string of the molecule is C=Nc1c(N2C[C@@H](C)C[C@@H](N)C2)ccnc1N=CC. The molecule has 0 bridgehead atoms. The summed E-state index contributed by atoms with van der Waals surface area (Å²) in [6, 6.07) is 2.16. The van der Waals surface area contributed by atoms with E-state index < -0.39 is 0 Å². The van der Waals surface area contributed by atoms with Crippen molar-refractivity contribution in [3.8, 4) is 0 Å². The fourth-order valence-corrected chi connectivity index (χ4v) is 2.65. The molecule has 1 saturated heterocycles. The van der Waals surface area contributed by atoms with Gasteiger partial charge in [-0.25, -0.2) is 9.98 Å². The molecule has 0 spiro atoms. The van der Waals surface area contributed by atoms with Crippen molar-refractivity contribution in [1.82, 2.24) is 4.98 Å². The summed E-state index contributed by atoms with van der Waals surface area (Å²) < 4.78 is 0. The van der Waals surface area contributed by atoms with Gasteiger partial charge in [0.05, 0.1) is 5.69 Å². The molecule has 1 aromatic heterocycles. The van der Waals surface area contributed by atoms with Crippen molar-refractivity contribution < 1.29 is 0 Å². The average Bonchev–Trinajstić information content (AvgIpc) is 2.37. The highest BCUT2D eigenvalue weighted by Crippen LogP contribution is 2.37. The number of aliphatic imine (C=N–C) groups is 2. The van der Waals surface area contributed by atoms with E-state index in [1.165, 1.54) is 0 Å². The van der Waals surface area contributed by atoms with E-state index >= 15 is 0 Å². The Kier molecular flexibility index (Phi) is 4.27. The lowest BCUT2D eigenvalue weighted by molar-refractivity contribution is 0.402. The van der Waals surface area contributed by atoms with E-state index in [1.807, 2.05) is 13.0 Å². The Hall–Kier alpha value is -1.75. The molecule has 0 amide bonds. The number of hydrogen-bond donors (Lipinski definition) is 1. The minimum absolute atomic E-state index is 0.202. The molecule has 1 aliphatic heterocycles. The molecule has 0 unspecified atom stereocenters. The van der Waals surface area contributed by atoms with Gasteiger partial charge in [0.2, 0.25) is 0 Å². The van der Waals surface area contributed by atoms with Gasteiger partial charge < -0.3 is 10.6 Å². The van der Waals surface area contributed by atoms with E-state index in [9.17, 15) is 0 Å². The van der Waals surface area contributed by atoms with Gasteiger partial charge in [0.1, 0.15) is 5.69 Å². The number of hydrogen-bond acceptors (Lipinski definition) is 5. The van der Waals surface area contributed by atoms with Gasteiger partial charge in [0, 0.05) is 31.5 Å². The summed E-state index contributed by atoms with van der Waals surface area (Å²) in [6.07, 6.45) is 4.54. The topological polar surface area (TPSA) is 66.9 Å². The highest BCUT2D eigenvalue weighted by atomic mass is 15.2. The van der Waals surface area contributed by atoms with Crippen LogP contribution in [0.5, 0.6) is 0 Å². The number of rotatable bonds is 3. The van der Waals surface area contributed by atoms with Gasteiger partial charge in [-0.1, -0.05) is 6.92 Å². The molecule has 1 aromatic rings. The molecular formula is C14H21N5. The number of piperidine rings is 1. The summed E-state index contributed by atoms with van der Waals surface area (Å²) >= 11 is 0. The maximum Gasteiger partial charge on any atom is 0.179 e. The smallest absolute Gasteiger partial charge is 0.179 e. The van der Waals surface area contributed by atoms with Gasteiger partial charge in [0.25, 0.3) is 0 Å². The molecule has 102 valence electrons. The van der Waals surface area contributed by atoms with Crippen LogP contribution in [0.2, 0.25) is 0 Å². The van der Waals surface area contributed by atoms with Crippen molar-refractivity contribution in [3.05, 3.63) is 12.3 Å². The van der Waals surface area contributed by atoms with Crippen LogP contribution in [-0.4, -0.2) is 37.0 Å². The summed E-state index contributed by atoms with van der Waals surface area (Å²) in [5.41, 5.74) is 7.87. The van der Waals surface area contributed by atoms with Crippen LogP contribution in [0.15, 0.2) is 22.2 Å². The van der Waals surface area contributed by atoms with Crippen LogP contribution in [0.4, 0.5) is 17.2 Å². The van der Waals surface area contributed by atoms with Crippen LogP contribution >= 0.6 is 0 Å². The van der Waals surface area contributed by atoms with Crippen LogP contribution in [0, 0.1) is 5.92 Å². The fourth-order valence-electron chi connectivity index (χ4n) is 2.65. The molecule has 1 aliphatic rings. The maximum absolute atomic E-state index is 6.11. The first-order valence-electron chi connectivity index (χ1n) is 6.60. The number of aromatic nitrogens is 1. The van der Waals surface area contributed by atoms with E-state index in [2.05, 4.69) is 33.5 Å². The zero-order valence-electron chi connectivity index (χ0n) is 11.6. The standard InChI is InChI=1S/C14H21N5/c1-4-17-14-13(16-3)12(5-6-18-14)19-8-10(2)7-11(15)9-19/h4-6,10-11H,3,7-9,15H2,1-2H3/t10-,11+/m0/s1. The lowest BCUT2D eigenvalue weighted by Gasteiger charge is -2.36. The summed E-state index contributed by atoms with van der Waals surface area (Å²) in [7, 11) is 0. The predicted molar refractivity (Wildman–Crippen MR) is 81.2 cm³/mol. The second-order valence-electron chi connectivity index (χ2n) is 5.05. The van der Waals surface area contributed by atoms with Gasteiger partial charge in [0.15, 0.2) is 5.82 Å². The zero-order chi connectivity index (χ0) is 13.8. The molecule has 0 saturated carbocycles. The summed E-state index contributed by atoms with van der Waals surface area (Å²) in [4.78, 5) is 14.9. The minimum Gasteiger partial charge on any atom is -0.368 e. The van der Waals surface area contributed by atoms with Gasteiger partial charge in [-0.15, -0.1) is 0 Å². The molecule has 0 aromatic carbocycles. The molecule has 2 atom stereocenters. The van der Waals surface area contributed by atoms with Crippen molar-refractivity contribution in [1.29, 1.82) is 0 Å². The van der Waals surface area contributed by atoms with Crippen LogP contribution in [0.25, 0.3) is 0 Å². The van der Waals surface area contributed by atoms with Crippen molar-refractivity contribution in [2.24, 2.45) is 21.6 Å². The number of nitrogens with two attached hydrogens (primary N) is 1. The first kappa shape index (κ1) is 13.7. The van der Waals surface area contributed by atoms with Crippen LogP contribution < -0.4 is 10.6 Å². The third-order valence-electron chi connectivity index (χ3n) is 3.33. The van der Waals surface area contributed by atoms with Crippen molar-refractivity contribution in [2.45, 2.75) is 26.3 Å². The van der Waals surface area contributed by atoms with Gasteiger partial charge in [-0.2, -0.15) is 0 Å². The Bertz CT molecular complexity index is 473. The van der Waals surface area contributed by atoms with Gasteiger partial charge >= 0.3 is 0 Å². The van der Waals surface area contributed by atoms with E-state index in [0.717, 1.165) is 30.9 Å². The highest BCUT2D eigenvalue weighted by Gasteiger charge is 2.24. The van der Waals surface area contributed by atoms with Crippen LogP contribution in [0.3, 0.4) is 0 Å². The Morgan fingerprint density at radius 1 is 1.53 bits per heavy atom. The summed E-state index contributed by atoms with van der Waals surface area (Å²) in [6.45, 7) is 9.55. The third-order valence-corrected chi connectivity index (χ3v) is 3.33. The number of anilines is 1. The molecule has 0 aliphatic carbocycles. The highest BCUT2D eigenvalue weighted by molar-refractivity contribution is 5.79. The van der Waals surface area contributed by atoms with Crippen molar-refractivity contribution in [2.75, 3.05) is 18.0 Å². The number of pyridine rings is 1. The first-order chi connectivity index (χ1) is 9.15.